The molecule has 2 aliphatic heterocycles. The summed E-state index contributed by atoms with van der Waals surface area (Å²) in [6.45, 7) is 8.03. The zero-order chi connectivity index (χ0) is 30.9. The molecule has 2 saturated heterocycles. The quantitative estimate of drug-likeness (QED) is 0.391. The van der Waals surface area contributed by atoms with Gasteiger partial charge in [0, 0.05) is 37.6 Å². The van der Waals surface area contributed by atoms with E-state index in [0.717, 1.165) is 19.4 Å². The minimum atomic E-state index is -0.795. The van der Waals surface area contributed by atoms with Gasteiger partial charge in [-0.25, -0.2) is 18.6 Å². The van der Waals surface area contributed by atoms with Crippen LogP contribution in [0.2, 0.25) is 0 Å². The molecule has 10 nitrogen and oxygen atoms in total. The van der Waals surface area contributed by atoms with Crippen LogP contribution in [0.3, 0.4) is 0 Å². The lowest BCUT2D eigenvalue weighted by molar-refractivity contribution is 0.0240. The first-order chi connectivity index (χ1) is 20.5. The summed E-state index contributed by atoms with van der Waals surface area (Å²) in [6, 6.07) is 7.80. The lowest BCUT2D eigenvalue weighted by atomic mass is 10.1. The van der Waals surface area contributed by atoms with E-state index in [1.54, 1.807) is 25.7 Å². The summed E-state index contributed by atoms with van der Waals surface area (Å²) < 4.78 is 47.7. The van der Waals surface area contributed by atoms with E-state index in [2.05, 4.69) is 20.9 Å². The van der Waals surface area contributed by atoms with Crippen molar-refractivity contribution < 1.29 is 27.8 Å². The smallest absolute Gasteiger partial charge is 0.410 e. The molecule has 5 rings (SSSR count). The lowest BCUT2D eigenvalue weighted by Crippen LogP contribution is -2.50. The molecule has 4 heterocycles. The maximum absolute atomic E-state index is 15.8. The summed E-state index contributed by atoms with van der Waals surface area (Å²) in [4.78, 5) is 27.4. The standard InChI is InChI=1S/C31H36F2N6O4/c1-31(2,3)43-30(40)39-14-12-38(13-15-39)27-20-16-23(33)26(25-22(32)9-6-10-24(25)41-5)35-28(20)36-29(21(27)17-34)42-18-19-8-7-11-37(19)4/h6,9-10,16,19H,7-8,11-15,18H2,1-5H3. The zero-order valence-corrected chi connectivity index (χ0v) is 25.1. The van der Waals surface area contributed by atoms with E-state index in [9.17, 15) is 14.4 Å². The van der Waals surface area contributed by atoms with Gasteiger partial charge in [-0.2, -0.15) is 10.2 Å². The van der Waals surface area contributed by atoms with Crippen molar-refractivity contribution in [3.63, 3.8) is 0 Å². The number of likely N-dealkylation sites (N-methyl/N-ethyl adjacent to an activating group) is 1. The molecule has 1 aromatic carbocycles. The molecule has 228 valence electrons. The zero-order valence-electron chi connectivity index (χ0n) is 25.1. The first kappa shape index (κ1) is 30.2. The molecule has 1 amide bonds. The Bertz CT molecular complexity index is 1560. The fraction of sp³-hybridized carbons (Fsp3) is 0.484. The Morgan fingerprint density at radius 2 is 1.86 bits per heavy atom. The van der Waals surface area contributed by atoms with Crippen LogP contribution in [0.5, 0.6) is 11.6 Å². The molecule has 2 aliphatic rings. The van der Waals surface area contributed by atoms with Gasteiger partial charge in [-0.1, -0.05) is 6.07 Å². The molecular weight excluding hydrogens is 558 g/mol. The van der Waals surface area contributed by atoms with Gasteiger partial charge in [0.15, 0.2) is 11.5 Å². The minimum absolute atomic E-state index is 0.0745. The molecule has 12 heteroatoms. The van der Waals surface area contributed by atoms with Crippen molar-refractivity contribution in [3.8, 4) is 29.0 Å². The highest BCUT2D eigenvalue weighted by Crippen LogP contribution is 2.39. The average Bonchev–Trinajstić information content (AvgIpc) is 3.38. The molecular formula is C31H36F2N6O4. The van der Waals surface area contributed by atoms with E-state index in [4.69, 9.17) is 14.2 Å². The van der Waals surface area contributed by atoms with Gasteiger partial charge in [0.05, 0.1) is 18.4 Å². The molecule has 0 bridgehead atoms. The number of nitriles is 1. The summed E-state index contributed by atoms with van der Waals surface area (Å²) in [6.07, 6.45) is 1.57. The van der Waals surface area contributed by atoms with Crippen LogP contribution in [-0.2, 0) is 4.74 Å². The number of hydrogen-bond acceptors (Lipinski definition) is 9. The van der Waals surface area contributed by atoms with Gasteiger partial charge in [0.2, 0.25) is 5.88 Å². The first-order valence-electron chi connectivity index (χ1n) is 14.3. The van der Waals surface area contributed by atoms with Crippen LogP contribution in [0.4, 0.5) is 19.3 Å². The van der Waals surface area contributed by atoms with Crippen LogP contribution in [0, 0.1) is 23.0 Å². The topological polar surface area (TPSA) is 104 Å². The molecule has 1 atom stereocenters. The van der Waals surface area contributed by atoms with E-state index >= 15 is 4.39 Å². The summed E-state index contributed by atoms with van der Waals surface area (Å²) in [5, 5.41) is 10.6. The third kappa shape index (κ3) is 6.27. The van der Waals surface area contributed by atoms with Crippen LogP contribution in [0.1, 0.15) is 39.2 Å². The van der Waals surface area contributed by atoms with Gasteiger partial charge in [-0.15, -0.1) is 0 Å². The van der Waals surface area contributed by atoms with Crippen molar-refractivity contribution in [1.29, 1.82) is 5.26 Å². The van der Waals surface area contributed by atoms with Crippen LogP contribution < -0.4 is 14.4 Å². The number of methoxy groups -OCH3 is 1. The molecule has 0 aliphatic carbocycles. The van der Waals surface area contributed by atoms with Crippen LogP contribution in [0.25, 0.3) is 22.3 Å². The van der Waals surface area contributed by atoms with Crippen molar-refractivity contribution >= 4 is 22.8 Å². The number of carbonyl (C=O) groups is 1. The predicted octanol–water partition coefficient (Wildman–Crippen LogP) is 4.99. The number of benzene rings is 1. The number of piperazine rings is 1. The Hall–Kier alpha value is -4.24. The normalized spacial score (nSPS) is 17.7. The SMILES string of the molecule is COc1cccc(F)c1-c1nc2nc(OCC3CCCN3C)c(C#N)c(N3CCN(C(=O)OC(C)(C)C)CC3)c2cc1F. The number of aromatic nitrogens is 2. The fourth-order valence-electron chi connectivity index (χ4n) is 5.54. The lowest BCUT2D eigenvalue weighted by Gasteiger charge is -2.37. The Morgan fingerprint density at radius 3 is 2.49 bits per heavy atom. The van der Waals surface area contributed by atoms with Crippen molar-refractivity contribution in [3.05, 3.63) is 41.5 Å². The third-order valence-corrected chi connectivity index (χ3v) is 7.74. The van der Waals surface area contributed by atoms with Gasteiger partial charge >= 0.3 is 6.09 Å². The minimum Gasteiger partial charge on any atom is -0.496 e. The monoisotopic (exact) mass is 594 g/mol. The third-order valence-electron chi connectivity index (χ3n) is 7.74. The molecule has 43 heavy (non-hydrogen) atoms. The predicted molar refractivity (Wildman–Crippen MR) is 157 cm³/mol. The highest BCUT2D eigenvalue weighted by atomic mass is 19.1. The number of rotatable bonds is 6. The van der Waals surface area contributed by atoms with E-state index in [0.29, 0.717) is 38.5 Å². The Labute approximate surface area is 249 Å². The molecule has 1 unspecified atom stereocenters. The van der Waals surface area contributed by atoms with Crippen LogP contribution in [-0.4, -0.2) is 91.0 Å². The second-order valence-corrected chi connectivity index (χ2v) is 11.8. The summed E-state index contributed by atoms with van der Waals surface area (Å²) in [7, 11) is 3.39. The second-order valence-electron chi connectivity index (χ2n) is 11.8. The highest BCUT2D eigenvalue weighted by Gasteiger charge is 2.31. The molecule has 0 saturated carbocycles. The number of ether oxygens (including phenoxy) is 3. The molecule has 0 N–H and O–H groups in total. The number of anilines is 1. The Balaban J connectivity index is 1.58. The van der Waals surface area contributed by atoms with Crippen molar-refractivity contribution in [2.45, 2.75) is 45.3 Å². The number of likely N-dealkylation sites (tertiary alicyclic amines) is 1. The van der Waals surface area contributed by atoms with Gasteiger partial charge in [-0.05, 0) is 65.4 Å². The molecule has 2 fully saturated rings. The van der Waals surface area contributed by atoms with Crippen molar-refractivity contribution in [2.24, 2.45) is 0 Å². The highest BCUT2D eigenvalue weighted by molar-refractivity contribution is 5.95. The summed E-state index contributed by atoms with van der Waals surface area (Å²) in [5.41, 5.74) is -0.369. The van der Waals surface area contributed by atoms with E-state index in [1.807, 2.05) is 11.9 Å². The number of carbonyl (C=O) groups excluding carboxylic acids is 1. The van der Waals surface area contributed by atoms with Crippen molar-refractivity contribution in [2.75, 3.05) is 58.4 Å². The Morgan fingerprint density at radius 1 is 1.12 bits per heavy atom. The number of nitrogens with zero attached hydrogens (tertiary/aromatic N) is 6. The van der Waals surface area contributed by atoms with Gasteiger partial charge < -0.3 is 28.9 Å². The molecule has 0 spiro atoms. The van der Waals surface area contributed by atoms with Gasteiger partial charge in [0.25, 0.3) is 0 Å². The number of halogens is 2. The fourth-order valence-corrected chi connectivity index (χ4v) is 5.54. The molecule has 2 aromatic heterocycles. The maximum atomic E-state index is 15.8. The van der Waals surface area contributed by atoms with E-state index < -0.39 is 23.3 Å². The number of hydrogen-bond donors (Lipinski definition) is 0. The van der Waals surface area contributed by atoms with Crippen LogP contribution in [0.15, 0.2) is 24.3 Å². The summed E-state index contributed by atoms with van der Waals surface area (Å²) in [5.74, 6) is -1.29. The van der Waals surface area contributed by atoms with Gasteiger partial charge in [-0.3, -0.25) is 0 Å². The second kappa shape index (κ2) is 12.2. The van der Waals surface area contributed by atoms with E-state index in [1.165, 1.54) is 31.4 Å². The molecule has 3 aromatic rings. The van der Waals surface area contributed by atoms with Crippen molar-refractivity contribution in [1.82, 2.24) is 19.8 Å². The van der Waals surface area contributed by atoms with E-state index in [-0.39, 0.29) is 45.5 Å². The molecule has 0 radical (unpaired) electrons. The summed E-state index contributed by atoms with van der Waals surface area (Å²) >= 11 is 0. The Kier molecular flexibility index (Phi) is 8.55. The number of amides is 1. The average molecular weight is 595 g/mol. The number of fused-ring (bicyclic) bond motifs is 1. The largest absolute Gasteiger partial charge is 0.496 e. The van der Waals surface area contributed by atoms with Crippen LogP contribution >= 0.6 is 0 Å². The number of pyridine rings is 2. The van der Waals surface area contributed by atoms with Gasteiger partial charge in [0.1, 0.15) is 41.1 Å². The maximum Gasteiger partial charge on any atom is 0.410 e. The first-order valence-corrected chi connectivity index (χ1v) is 14.3.